The number of imidazole rings is 1. The number of nitrogens with zero attached hydrogens (tertiary/aromatic N) is 4. The van der Waals surface area contributed by atoms with Crippen molar-refractivity contribution in [1.29, 1.82) is 0 Å². The number of rotatable bonds is 6. The van der Waals surface area contributed by atoms with Crippen LogP contribution in [0.15, 0.2) is 12.7 Å². The predicted molar refractivity (Wildman–Crippen MR) is 73.7 cm³/mol. The second kappa shape index (κ2) is 6.29. The van der Waals surface area contributed by atoms with Crippen molar-refractivity contribution in [1.82, 2.24) is 24.8 Å². The molecule has 2 aromatic rings. The highest BCUT2D eigenvalue weighted by Gasteiger charge is 2.10. The van der Waals surface area contributed by atoms with Gasteiger partial charge in [-0.1, -0.05) is 0 Å². The van der Waals surface area contributed by atoms with Gasteiger partial charge in [0.25, 0.3) is 0 Å². The molecular formula is C12H18N6O2. The molecule has 1 amide bonds. The van der Waals surface area contributed by atoms with Crippen LogP contribution in [0.4, 0.5) is 5.82 Å². The minimum atomic E-state index is -0.0742. The Morgan fingerprint density at radius 2 is 2.30 bits per heavy atom. The number of amides is 1. The molecule has 0 saturated carbocycles. The fraction of sp³-hybridized carbons (Fsp3) is 0.500. The van der Waals surface area contributed by atoms with Crippen LogP contribution in [0, 0.1) is 0 Å². The van der Waals surface area contributed by atoms with Gasteiger partial charge in [0, 0.05) is 25.6 Å². The number of nitrogen functional groups attached to an aromatic ring is 1. The number of anilines is 1. The molecule has 2 aromatic heterocycles. The van der Waals surface area contributed by atoms with Crippen LogP contribution in [0.1, 0.15) is 19.8 Å². The quantitative estimate of drug-likeness (QED) is 0.666. The summed E-state index contributed by atoms with van der Waals surface area (Å²) in [6, 6.07) is -0.0370. The number of carbonyl (C=O) groups excluding carboxylic acids is 1. The van der Waals surface area contributed by atoms with Crippen molar-refractivity contribution in [2.24, 2.45) is 0 Å². The van der Waals surface area contributed by atoms with Gasteiger partial charge in [0.1, 0.15) is 11.8 Å². The van der Waals surface area contributed by atoms with Crippen molar-refractivity contribution in [2.75, 3.05) is 12.3 Å². The minimum absolute atomic E-state index is 0.0370. The number of fused-ring (bicyclic) bond motifs is 1. The molecule has 0 aliphatic rings. The summed E-state index contributed by atoms with van der Waals surface area (Å²) in [5.41, 5.74) is 6.86. The lowest BCUT2D eigenvalue weighted by Crippen LogP contribution is -2.33. The van der Waals surface area contributed by atoms with Crippen LogP contribution in [0.5, 0.6) is 0 Å². The second-order valence-electron chi connectivity index (χ2n) is 4.60. The topological polar surface area (TPSA) is 119 Å². The van der Waals surface area contributed by atoms with E-state index in [1.807, 2.05) is 6.92 Å². The second-order valence-corrected chi connectivity index (χ2v) is 4.60. The standard InChI is InChI=1S/C12H18N6O2/c1-8(3-5-19)17-9(20)2-4-18-7-16-10-11(13)14-6-15-12(10)18/h6-8,19H,2-5H2,1H3,(H,17,20)(H2,13,14,15). The summed E-state index contributed by atoms with van der Waals surface area (Å²) < 4.78 is 1.77. The van der Waals surface area contributed by atoms with Gasteiger partial charge in [0.05, 0.1) is 6.33 Å². The Morgan fingerprint density at radius 1 is 1.50 bits per heavy atom. The SMILES string of the molecule is CC(CCO)NC(=O)CCn1cnc2c(N)ncnc21. The van der Waals surface area contributed by atoms with Crippen LogP contribution >= 0.6 is 0 Å². The molecule has 1 atom stereocenters. The Kier molecular flexibility index (Phi) is 4.46. The molecule has 108 valence electrons. The molecule has 8 nitrogen and oxygen atoms in total. The van der Waals surface area contributed by atoms with Crippen LogP contribution in [-0.2, 0) is 11.3 Å². The first-order valence-corrected chi connectivity index (χ1v) is 6.43. The molecule has 0 radical (unpaired) electrons. The van der Waals surface area contributed by atoms with Gasteiger partial charge < -0.3 is 20.7 Å². The molecule has 20 heavy (non-hydrogen) atoms. The zero-order valence-corrected chi connectivity index (χ0v) is 11.3. The van der Waals surface area contributed by atoms with Crippen molar-refractivity contribution >= 4 is 22.9 Å². The summed E-state index contributed by atoms with van der Waals surface area (Å²) in [4.78, 5) is 23.9. The molecule has 8 heteroatoms. The first-order chi connectivity index (χ1) is 9.61. The minimum Gasteiger partial charge on any atom is -0.396 e. The number of aryl methyl sites for hydroxylation is 1. The van der Waals surface area contributed by atoms with E-state index in [-0.39, 0.29) is 18.6 Å². The monoisotopic (exact) mass is 278 g/mol. The maximum atomic E-state index is 11.7. The van der Waals surface area contributed by atoms with Gasteiger partial charge in [-0.25, -0.2) is 15.0 Å². The molecule has 2 rings (SSSR count). The zero-order valence-electron chi connectivity index (χ0n) is 11.3. The van der Waals surface area contributed by atoms with E-state index in [9.17, 15) is 4.79 Å². The van der Waals surface area contributed by atoms with Crippen molar-refractivity contribution in [2.45, 2.75) is 32.4 Å². The third-order valence-electron chi connectivity index (χ3n) is 2.98. The molecule has 0 saturated heterocycles. The molecule has 4 N–H and O–H groups in total. The number of carbonyl (C=O) groups is 1. The molecule has 0 aliphatic heterocycles. The van der Waals surface area contributed by atoms with Crippen LogP contribution in [-0.4, -0.2) is 43.2 Å². The third-order valence-corrected chi connectivity index (χ3v) is 2.98. The smallest absolute Gasteiger partial charge is 0.222 e. The summed E-state index contributed by atoms with van der Waals surface area (Å²) in [5.74, 6) is 0.254. The number of aliphatic hydroxyl groups is 1. The van der Waals surface area contributed by atoms with Crippen LogP contribution in [0.25, 0.3) is 11.2 Å². The Bertz CT molecular complexity index is 597. The Morgan fingerprint density at radius 3 is 3.05 bits per heavy atom. The fourth-order valence-electron chi connectivity index (χ4n) is 1.90. The van der Waals surface area contributed by atoms with Gasteiger partial charge in [-0.05, 0) is 13.3 Å². The largest absolute Gasteiger partial charge is 0.396 e. The summed E-state index contributed by atoms with van der Waals surface area (Å²) in [5, 5.41) is 11.6. The van der Waals surface area contributed by atoms with E-state index in [0.29, 0.717) is 36.4 Å². The van der Waals surface area contributed by atoms with Crippen LogP contribution in [0.2, 0.25) is 0 Å². The average molecular weight is 278 g/mol. The first-order valence-electron chi connectivity index (χ1n) is 6.43. The highest BCUT2D eigenvalue weighted by molar-refractivity contribution is 5.81. The lowest BCUT2D eigenvalue weighted by atomic mass is 10.2. The molecular weight excluding hydrogens is 260 g/mol. The first kappa shape index (κ1) is 14.2. The predicted octanol–water partition coefficient (Wildman–Crippen LogP) is -0.314. The van der Waals surface area contributed by atoms with E-state index < -0.39 is 0 Å². The third kappa shape index (κ3) is 3.21. The molecule has 0 aliphatic carbocycles. The van der Waals surface area contributed by atoms with Gasteiger partial charge in [-0.3, -0.25) is 4.79 Å². The molecule has 0 bridgehead atoms. The number of nitrogens with one attached hydrogen (secondary N) is 1. The van der Waals surface area contributed by atoms with Gasteiger partial charge in [0.15, 0.2) is 11.5 Å². The number of hydrogen-bond acceptors (Lipinski definition) is 6. The normalized spacial score (nSPS) is 12.5. The number of hydrogen-bond donors (Lipinski definition) is 3. The lowest BCUT2D eigenvalue weighted by molar-refractivity contribution is -0.121. The number of aliphatic hydroxyl groups excluding tert-OH is 1. The van der Waals surface area contributed by atoms with E-state index in [2.05, 4.69) is 20.3 Å². The number of aromatic nitrogens is 4. The number of nitrogens with two attached hydrogens (primary N) is 1. The lowest BCUT2D eigenvalue weighted by Gasteiger charge is -2.12. The summed E-state index contributed by atoms with van der Waals surface area (Å²) >= 11 is 0. The molecule has 1 unspecified atom stereocenters. The molecule has 0 fully saturated rings. The van der Waals surface area contributed by atoms with Gasteiger partial charge in [-0.15, -0.1) is 0 Å². The van der Waals surface area contributed by atoms with Crippen molar-refractivity contribution in [3.8, 4) is 0 Å². The summed E-state index contributed by atoms with van der Waals surface area (Å²) in [6.07, 6.45) is 3.83. The Labute approximate surface area is 116 Å². The highest BCUT2D eigenvalue weighted by Crippen LogP contribution is 2.14. The average Bonchev–Trinajstić information content (AvgIpc) is 2.81. The maximum absolute atomic E-state index is 11.7. The Hall–Kier alpha value is -2.22. The molecule has 0 aromatic carbocycles. The fourth-order valence-corrected chi connectivity index (χ4v) is 1.90. The van der Waals surface area contributed by atoms with Crippen LogP contribution < -0.4 is 11.1 Å². The van der Waals surface area contributed by atoms with E-state index >= 15 is 0 Å². The molecule has 0 spiro atoms. The van der Waals surface area contributed by atoms with E-state index in [4.69, 9.17) is 10.8 Å². The Balaban J connectivity index is 1.96. The molecule has 2 heterocycles. The summed E-state index contributed by atoms with van der Waals surface area (Å²) in [6.45, 7) is 2.38. The van der Waals surface area contributed by atoms with E-state index in [0.717, 1.165) is 0 Å². The van der Waals surface area contributed by atoms with E-state index in [1.165, 1.54) is 6.33 Å². The van der Waals surface area contributed by atoms with Crippen LogP contribution in [0.3, 0.4) is 0 Å². The highest BCUT2D eigenvalue weighted by atomic mass is 16.3. The van der Waals surface area contributed by atoms with Gasteiger partial charge in [-0.2, -0.15) is 0 Å². The van der Waals surface area contributed by atoms with Crippen molar-refractivity contribution in [3.05, 3.63) is 12.7 Å². The van der Waals surface area contributed by atoms with Crippen molar-refractivity contribution < 1.29 is 9.90 Å². The summed E-state index contributed by atoms with van der Waals surface area (Å²) in [7, 11) is 0. The van der Waals surface area contributed by atoms with Gasteiger partial charge in [0.2, 0.25) is 5.91 Å². The van der Waals surface area contributed by atoms with E-state index in [1.54, 1.807) is 10.9 Å². The maximum Gasteiger partial charge on any atom is 0.222 e. The van der Waals surface area contributed by atoms with Crippen molar-refractivity contribution in [3.63, 3.8) is 0 Å². The zero-order chi connectivity index (χ0) is 14.5. The van der Waals surface area contributed by atoms with Gasteiger partial charge >= 0.3 is 0 Å².